The number of anilines is 1. The van der Waals surface area contributed by atoms with Crippen molar-refractivity contribution in [2.75, 3.05) is 11.4 Å². The van der Waals surface area contributed by atoms with Crippen LogP contribution in [0.3, 0.4) is 0 Å². The van der Waals surface area contributed by atoms with E-state index in [9.17, 15) is 23.4 Å². The van der Waals surface area contributed by atoms with Crippen LogP contribution in [0.1, 0.15) is 42.4 Å². The van der Waals surface area contributed by atoms with E-state index in [0.717, 1.165) is 62.2 Å². The lowest BCUT2D eigenvalue weighted by molar-refractivity contribution is -0.137. The molecule has 0 unspecified atom stereocenters. The number of aliphatic hydroxyl groups is 1. The smallest absolute Gasteiger partial charge is 0.416 e. The van der Waals surface area contributed by atoms with Crippen molar-refractivity contribution in [2.24, 2.45) is 0 Å². The molecule has 0 bridgehead atoms. The number of phenolic OH excluding ortho intramolecular Hbond substituents is 1. The number of fused-ring (bicyclic) bond motifs is 1. The zero-order chi connectivity index (χ0) is 20.1. The van der Waals surface area contributed by atoms with Gasteiger partial charge in [0.2, 0.25) is 0 Å². The van der Waals surface area contributed by atoms with Gasteiger partial charge in [-0.25, -0.2) is 0 Å². The van der Waals surface area contributed by atoms with Gasteiger partial charge in [0.15, 0.2) is 5.82 Å². The highest BCUT2D eigenvalue weighted by molar-refractivity contribution is 5.73. The quantitative estimate of drug-likeness (QED) is 0.811. The number of aromatic nitrogens is 2. The van der Waals surface area contributed by atoms with Gasteiger partial charge in [-0.15, -0.1) is 10.2 Å². The average Bonchev–Trinajstić information content (AvgIpc) is 3.04. The van der Waals surface area contributed by atoms with Crippen molar-refractivity contribution in [2.45, 2.75) is 57.3 Å². The Morgan fingerprint density at radius 3 is 2.54 bits per heavy atom. The van der Waals surface area contributed by atoms with E-state index in [-0.39, 0.29) is 17.7 Å². The lowest BCUT2D eigenvalue weighted by Gasteiger charge is -2.36. The predicted molar refractivity (Wildman–Crippen MR) is 98.2 cm³/mol. The Bertz CT molecular complexity index is 878. The van der Waals surface area contributed by atoms with E-state index in [1.807, 2.05) is 0 Å². The highest BCUT2D eigenvalue weighted by Gasteiger charge is 2.35. The van der Waals surface area contributed by atoms with Gasteiger partial charge in [0.05, 0.1) is 23.4 Å². The monoisotopic (exact) mass is 393 g/mol. The number of nitrogens with zero attached hydrogens (tertiary/aromatic N) is 3. The number of phenols is 1. The third-order valence-electron chi connectivity index (χ3n) is 5.74. The molecule has 0 amide bonds. The van der Waals surface area contributed by atoms with Crippen LogP contribution in [0, 0.1) is 6.92 Å². The van der Waals surface area contributed by atoms with E-state index in [0.29, 0.717) is 11.3 Å². The van der Waals surface area contributed by atoms with E-state index in [1.54, 1.807) is 6.07 Å². The van der Waals surface area contributed by atoms with E-state index < -0.39 is 17.5 Å². The number of hydrogen-bond donors (Lipinski definition) is 2. The fraction of sp³-hybridized carbons (Fsp3) is 0.500. The first kappa shape index (κ1) is 19.0. The maximum absolute atomic E-state index is 12.9. The Hall–Kier alpha value is -2.35. The van der Waals surface area contributed by atoms with E-state index in [1.165, 1.54) is 6.92 Å². The Morgan fingerprint density at radius 2 is 1.86 bits per heavy atom. The molecular formula is C20H22F3N3O2. The van der Waals surface area contributed by atoms with Gasteiger partial charge in [-0.2, -0.15) is 13.2 Å². The van der Waals surface area contributed by atoms with Crippen LogP contribution in [0.5, 0.6) is 5.75 Å². The Balaban J connectivity index is 1.68. The molecule has 0 spiro atoms. The molecule has 1 aliphatic carbocycles. The summed E-state index contributed by atoms with van der Waals surface area (Å²) in [5.41, 5.74) is 0.950. The van der Waals surface area contributed by atoms with Crippen LogP contribution in [-0.4, -0.2) is 39.1 Å². The molecule has 2 heterocycles. The molecule has 4 rings (SSSR count). The van der Waals surface area contributed by atoms with Crippen molar-refractivity contribution in [1.29, 1.82) is 0 Å². The van der Waals surface area contributed by atoms with Crippen LogP contribution in [0.25, 0.3) is 11.3 Å². The lowest BCUT2D eigenvalue weighted by atomic mass is 9.91. The Morgan fingerprint density at radius 1 is 1.11 bits per heavy atom. The number of aryl methyl sites for hydroxylation is 1. The average molecular weight is 393 g/mol. The first-order valence-corrected chi connectivity index (χ1v) is 9.48. The molecule has 5 nitrogen and oxygen atoms in total. The summed E-state index contributed by atoms with van der Waals surface area (Å²) in [6.07, 6.45) is -0.411. The fourth-order valence-electron chi connectivity index (χ4n) is 4.36. The molecule has 1 saturated carbocycles. The fourth-order valence-corrected chi connectivity index (χ4v) is 4.36. The molecule has 2 aromatic rings. The minimum atomic E-state index is -4.52. The minimum absolute atomic E-state index is 0.0244. The molecule has 1 aromatic carbocycles. The molecule has 8 heteroatoms. The molecule has 2 N–H and O–H groups in total. The van der Waals surface area contributed by atoms with Gasteiger partial charge in [-0.1, -0.05) is 12.8 Å². The molecule has 2 atom stereocenters. The van der Waals surface area contributed by atoms with Crippen LogP contribution in [0.4, 0.5) is 19.0 Å². The molecule has 1 aliphatic heterocycles. The van der Waals surface area contributed by atoms with Crippen LogP contribution in [0.2, 0.25) is 0 Å². The molecule has 0 saturated heterocycles. The van der Waals surface area contributed by atoms with Gasteiger partial charge in [0, 0.05) is 17.7 Å². The van der Waals surface area contributed by atoms with Crippen molar-refractivity contribution in [3.05, 3.63) is 34.9 Å². The normalized spacial score (nSPS) is 22.4. The zero-order valence-electron chi connectivity index (χ0n) is 15.5. The van der Waals surface area contributed by atoms with Gasteiger partial charge >= 0.3 is 6.18 Å². The maximum atomic E-state index is 12.9. The van der Waals surface area contributed by atoms with Gasteiger partial charge in [0.1, 0.15) is 5.75 Å². The van der Waals surface area contributed by atoms with Crippen LogP contribution >= 0.6 is 0 Å². The Labute approximate surface area is 160 Å². The molecule has 2 aliphatic rings. The summed E-state index contributed by atoms with van der Waals surface area (Å²) in [5, 5.41) is 29.1. The highest BCUT2D eigenvalue weighted by Crippen LogP contribution is 2.40. The summed E-state index contributed by atoms with van der Waals surface area (Å²) < 4.78 is 38.8. The van der Waals surface area contributed by atoms with Crippen molar-refractivity contribution in [3.8, 4) is 17.0 Å². The van der Waals surface area contributed by atoms with Crippen LogP contribution in [0.15, 0.2) is 18.2 Å². The van der Waals surface area contributed by atoms with E-state index in [4.69, 9.17) is 0 Å². The van der Waals surface area contributed by atoms with Crippen molar-refractivity contribution in [3.63, 3.8) is 0 Å². The van der Waals surface area contributed by atoms with E-state index >= 15 is 0 Å². The first-order valence-electron chi connectivity index (χ1n) is 9.48. The number of aromatic hydroxyl groups is 1. The third kappa shape index (κ3) is 3.30. The molecule has 28 heavy (non-hydrogen) atoms. The second-order valence-electron chi connectivity index (χ2n) is 7.63. The second kappa shape index (κ2) is 6.92. The third-order valence-corrected chi connectivity index (χ3v) is 5.74. The number of rotatable bonds is 2. The largest absolute Gasteiger partial charge is 0.507 e. The minimum Gasteiger partial charge on any atom is -0.507 e. The Kier molecular flexibility index (Phi) is 4.69. The topological polar surface area (TPSA) is 69.5 Å². The molecule has 1 fully saturated rings. The first-order chi connectivity index (χ1) is 13.3. The number of alkyl halides is 3. The van der Waals surface area contributed by atoms with Crippen molar-refractivity contribution in [1.82, 2.24) is 10.2 Å². The summed E-state index contributed by atoms with van der Waals surface area (Å²) in [5.74, 6) is 0.262. The summed E-state index contributed by atoms with van der Waals surface area (Å²) >= 11 is 0. The van der Waals surface area contributed by atoms with Crippen LogP contribution in [-0.2, 0) is 12.6 Å². The summed E-state index contributed by atoms with van der Waals surface area (Å²) in [6.45, 7) is 2.25. The number of hydrogen-bond acceptors (Lipinski definition) is 5. The van der Waals surface area contributed by atoms with Gasteiger partial charge in [-0.3, -0.25) is 0 Å². The van der Waals surface area contributed by atoms with Gasteiger partial charge in [-0.05, 0) is 49.9 Å². The molecule has 0 radical (unpaired) electrons. The second-order valence-corrected chi connectivity index (χ2v) is 7.63. The summed E-state index contributed by atoms with van der Waals surface area (Å²) in [6, 6.07) is 3.54. The standard InChI is InChI=1S/C20H22F3N3O2/c1-11-8-13(20(21,22)23)10-17(28)18(11)14-9-12-6-7-26(19(12)25-24-14)15-4-2-3-5-16(15)27/h8-10,15-16,27-28H,2-7H2,1H3/t15-,16-/m1/s1. The molecule has 1 aromatic heterocycles. The summed E-state index contributed by atoms with van der Waals surface area (Å²) in [4.78, 5) is 2.09. The van der Waals surface area contributed by atoms with Crippen molar-refractivity contribution < 1.29 is 23.4 Å². The number of benzene rings is 1. The summed E-state index contributed by atoms with van der Waals surface area (Å²) in [7, 11) is 0. The number of halogens is 3. The van der Waals surface area contributed by atoms with Gasteiger partial charge < -0.3 is 15.1 Å². The SMILES string of the molecule is Cc1cc(C(F)(F)F)cc(O)c1-c1cc2c(nn1)N([C@@H]1CCCC[C@H]1O)CC2. The molecule has 150 valence electrons. The highest BCUT2D eigenvalue weighted by atomic mass is 19.4. The van der Waals surface area contributed by atoms with Crippen molar-refractivity contribution >= 4 is 5.82 Å². The zero-order valence-corrected chi connectivity index (χ0v) is 15.5. The predicted octanol–water partition coefficient (Wildman–Crippen LogP) is 3.84. The number of aliphatic hydroxyl groups excluding tert-OH is 1. The van der Waals surface area contributed by atoms with Crippen LogP contribution < -0.4 is 4.90 Å². The lowest BCUT2D eigenvalue weighted by Crippen LogP contribution is -2.45. The molecular weight excluding hydrogens is 371 g/mol. The van der Waals surface area contributed by atoms with Gasteiger partial charge in [0.25, 0.3) is 0 Å². The van der Waals surface area contributed by atoms with E-state index in [2.05, 4.69) is 15.1 Å². The maximum Gasteiger partial charge on any atom is 0.416 e.